The van der Waals surface area contributed by atoms with Crippen LogP contribution >= 0.6 is 0 Å². The van der Waals surface area contributed by atoms with Gasteiger partial charge < -0.3 is 15.4 Å². The molecule has 1 amide bonds. The highest BCUT2D eigenvalue weighted by atomic mass is 19.4. The lowest BCUT2D eigenvalue weighted by Gasteiger charge is -2.11. The number of halogens is 3. The minimum Gasteiger partial charge on any atom is -0.507 e. The number of alkyl halides is 3. The number of H-pyrrole nitrogens is 1. The Morgan fingerprint density at radius 2 is 1.68 bits per heavy atom. The maximum Gasteiger partial charge on any atom is 0.416 e. The fraction of sp³-hybridized carbons (Fsp3) is 0.0417. The summed E-state index contributed by atoms with van der Waals surface area (Å²) in [5.74, 6) is -0.960. The molecule has 0 unspecified atom stereocenters. The Hall–Kier alpha value is -4.00. The number of anilines is 1. The summed E-state index contributed by atoms with van der Waals surface area (Å²) < 4.78 is 38.7. The zero-order valence-electron chi connectivity index (χ0n) is 15.9. The molecule has 0 aliphatic rings. The Bertz CT molecular complexity index is 1490. The Labute approximate surface area is 173 Å². The van der Waals surface area contributed by atoms with Gasteiger partial charge in [0.25, 0.3) is 5.91 Å². The van der Waals surface area contributed by atoms with Crippen molar-refractivity contribution in [3.63, 3.8) is 0 Å². The molecule has 0 aliphatic heterocycles. The number of hydrogen-bond donors (Lipinski definition) is 3. The minimum atomic E-state index is -4.52. The van der Waals surface area contributed by atoms with Gasteiger partial charge >= 0.3 is 6.18 Å². The zero-order valence-corrected chi connectivity index (χ0v) is 15.9. The van der Waals surface area contributed by atoms with Crippen molar-refractivity contribution in [1.82, 2.24) is 4.98 Å². The third-order valence-corrected chi connectivity index (χ3v) is 5.31. The maximum absolute atomic E-state index is 12.9. The number of aromatic hydroxyl groups is 1. The first-order chi connectivity index (χ1) is 14.8. The van der Waals surface area contributed by atoms with Crippen LogP contribution in [0.25, 0.3) is 32.6 Å². The van der Waals surface area contributed by atoms with Crippen molar-refractivity contribution in [3.05, 3.63) is 83.9 Å². The van der Waals surface area contributed by atoms with E-state index < -0.39 is 17.6 Å². The summed E-state index contributed by atoms with van der Waals surface area (Å²) in [5.41, 5.74) is 0.884. The molecule has 5 rings (SSSR count). The van der Waals surface area contributed by atoms with E-state index in [1.165, 1.54) is 24.3 Å². The molecule has 0 bridgehead atoms. The topological polar surface area (TPSA) is 65.1 Å². The number of carbonyl (C=O) groups is 1. The SMILES string of the molecule is O=C(Nc1cccc(C(F)(F)F)c1)c1cc2ccc3c4ccccc4[nH]c3c2cc1O. The lowest BCUT2D eigenvalue weighted by Crippen LogP contribution is -2.13. The van der Waals surface area contributed by atoms with Crippen LogP contribution in [0, 0.1) is 0 Å². The van der Waals surface area contributed by atoms with Crippen molar-refractivity contribution in [2.45, 2.75) is 6.18 Å². The van der Waals surface area contributed by atoms with Crippen LogP contribution in [0.1, 0.15) is 15.9 Å². The highest BCUT2D eigenvalue weighted by Crippen LogP contribution is 2.35. The molecular weight excluding hydrogens is 405 g/mol. The van der Waals surface area contributed by atoms with Gasteiger partial charge in [-0.25, -0.2) is 0 Å². The first-order valence-electron chi connectivity index (χ1n) is 9.46. The van der Waals surface area contributed by atoms with Crippen LogP contribution in [-0.2, 0) is 6.18 Å². The summed E-state index contributed by atoms with van der Waals surface area (Å²) in [7, 11) is 0. The monoisotopic (exact) mass is 420 g/mol. The van der Waals surface area contributed by atoms with Crippen LogP contribution in [0.5, 0.6) is 5.75 Å². The Balaban J connectivity index is 1.56. The van der Waals surface area contributed by atoms with E-state index >= 15 is 0 Å². The van der Waals surface area contributed by atoms with Crippen LogP contribution < -0.4 is 5.32 Å². The van der Waals surface area contributed by atoms with E-state index in [0.717, 1.165) is 39.3 Å². The number of para-hydroxylation sites is 1. The molecule has 1 aromatic heterocycles. The number of phenols is 1. The van der Waals surface area contributed by atoms with Crippen molar-refractivity contribution < 1.29 is 23.1 Å². The predicted molar refractivity (Wildman–Crippen MR) is 114 cm³/mol. The number of rotatable bonds is 2. The molecule has 0 saturated heterocycles. The van der Waals surface area contributed by atoms with Gasteiger partial charge in [0.2, 0.25) is 0 Å². The standard InChI is InChI=1S/C24H15F3N2O2/c25-24(26,27)14-4-3-5-15(11-14)28-23(31)19-10-13-8-9-17-16-6-1-2-7-20(16)29-22(17)18(13)12-21(19)30/h1-12,29-30H,(H,28,31). The lowest BCUT2D eigenvalue weighted by molar-refractivity contribution is -0.137. The fourth-order valence-corrected chi connectivity index (χ4v) is 3.84. The van der Waals surface area contributed by atoms with Crippen molar-refractivity contribution >= 4 is 44.2 Å². The molecule has 7 heteroatoms. The first kappa shape index (κ1) is 19.0. The van der Waals surface area contributed by atoms with Crippen molar-refractivity contribution in [3.8, 4) is 5.75 Å². The second-order valence-electron chi connectivity index (χ2n) is 7.28. The second kappa shape index (κ2) is 6.77. The van der Waals surface area contributed by atoms with E-state index in [4.69, 9.17) is 0 Å². The summed E-state index contributed by atoms with van der Waals surface area (Å²) in [6, 6.07) is 19.0. The third kappa shape index (κ3) is 3.24. The van der Waals surface area contributed by atoms with Gasteiger partial charge in [0.05, 0.1) is 16.6 Å². The molecule has 0 saturated carbocycles. The summed E-state index contributed by atoms with van der Waals surface area (Å²) in [6.07, 6.45) is -4.52. The van der Waals surface area contributed by atoms with Crippen LogP contribution in [0.2, 0.25) is 0 Å². The van der Waals surface area contributed by atoms with E-state index in [9.17, 15) is 23.1 Å². The molecule has 0 spiro atoms. The highest BCUT2D eigenvalue weighted by Gasteiger charge is 2.30. The molecule has 4 nitrogen and oxygen atoms in total. The summed E-state index contributed by atoms with van der Waals surface area (Å²) in [5, 5.41) is 16.4. The molecule has 0 radical (unpaired) electrons. The zero-order chi connectivity index (χ0) is 21.8. The number of aromatic amines is 1. The number of aromatic nitrogens is 1. The molecule has 1 heterocycles. The van der Waals surface area contributed by atoms with E-state index in [2.05, 4.69) is 10.3 Å². The summed E-state index contributed by atoms with van der Waals surface area (Å²) >= 11 is 0. The largest absolute Gasteiger partial charge is 0.507 e. The molecule has 154 valence electrons. The highest BCUT2D eigenvalue weighted by molar-refractivity contribution is 6.18. The predicted octanol–water partition coefficient (Wildman–Crippen LogP) is 6.45. The number of benzene rings is 4. The molecule has 5 aromatic rings. The van der Waals surface area contributed by atoms with Gasteiger partial charge in [-0.15, -0.1) is 0 Å². The third-order valence-electron chi connectivity index (χ3n) is 5.31. The Morgan fingerprint density at radius 1 is 0.871 bits per heavy atom. The number of amides is 1. The lowest BCUT2D eigenvalue weighted by atomic mass is 10.0. The van der Waals surface area contributed by atoms with E-state index in [-0.39, 0.29) is 17.0 Å². The molecule has 0 fully saturated rings. The quantitative estimate of drug-likeness (QED) is 0.307. The molecule has 0 atom stereocenters. The Kier molecular flexibility index (Phi) is 4.15. The van der Waals surface area contributed by atoms with Crippen LogP contribution in [0.3, 0.4) is 0 Å². The van der Waals surface area contributed by atoms with Gasteiger partial charge in [-0.05, 0) is 41.8 Å². The van der Waals surface area contributed by atoms with Gasteiger partial charge in [-0.3, -0.25) is 4.79 Å². The Morgan fingerprint density at radius 3 is 2.48 bits per heavy atom. The summed E-state index contributed by atoms with van der Waals surface area (Å²) in [4.78, 5) is 16.0. The van der Waals surface area contributed by atoms with Crippen molar-refractivity contribution in [1.29, 1.82) is 0 Å². The number of carbonyl (C=O) groups excluding carboxylic acids is 1. The number of nitrogens with one attached hydrogen (secondary N) is 2. The van der Waals surface area contributed by atoms with E-state index in [1.54, 1.807) is 0 Å². The minimum absolute atomic E-state index is 0.00890. The van der Waals surface area contributed by atoms with Gasteiger partial charge in [0, 0.05) is 27.4 Å². The van der Waals surface area contributed by atoms with Gasteiger partial charge in [0.15, 0.2) is 0 Å². The normalized spacial score (nSPS) is 12.0. The molecular formula is C24H15F3N2O2. The average molecular weight is 420 g/mol. The van der Waals surface area contributed by atoms with Gasteiger partial charge in [-0.1, -0.05) is 36.4 Å². The summed E-state index contributed by atoms with van der Waals surface area (Å²) in [6.45, 7) is 0. The maximum atomic E-state index is 12.9. The molecule has 3 N–H and O–H groups in total. The van der Waals surface area contributed by atoms with Crippen LogP contribution in [0.4, 0.5) is 18.9 Å². The second-order valence-corrected chi connectivity index (χ2v) is 7.28. The van der Waals surface area contributed by atoms with Gasteiger partial charge in [-0.2, -0.15) is 13.2 Å². The average Bonchev–Trinajstić information content (AvgIpc) is 3.12. The van der Waals surface area contributed by atoms with Crippen molar-refractivity contribution in [2.24, 2.45) is 0 Å². The first-order valence-corrected chi connectivity index (χ1v) is 9.46. The van der Waals surface area contributed by atoms with Crippen LogP contribution in [0.15, 0.2) is 72.8 Å². The number of hydrogen-bond acceptors (Lipinski definition) is 2. The smallest absolute Gasteiger partial charge is 0.416 e. The number of fused-ring (bicyclic) bond motifs is 5. The molecule has 0 aliphatic carbocycles. The van der Waals surface area contributed by atoms with E-state index in [1.807, 2.05) is 36.4 Å². The molecule has 4 aromatic carbocycles. The fourth-order valence-electron chi connectivity index (χ4n) is 3.84. The van der Waals surface area contributed by atoms with E-state index in [0.29, 0.717) is 5.39 Å². The molecule has 31 heavy (non-hydrogen) atoms. The van der Waals surface area contributed by atoms with Gasteiger partial charge in [0.1, 0.15) is 5.75 Å². The van der Waals surface area contributed by atoms with Crippen molar-refractivity contribution in [2.75, 3.05) is 5.32 Å². The number of phenolic OH excluding ortho intramolecular Hbond substituents is 1. The van der Waals surface area contributed by atoms with Crippen LogP contribution in [-0.4, -0.2) is 16.0 Å².